The number of hydrogen-bond donors (Lipinski definition) is 1. The third-order valence-corrected chi connectivity index (χ3v) is 7.10. The van der Waals surface area contributed by atoms with E-state index in [0.717, 1.165) is 5.56 Å². The molecule has 1 N–H and O–H groups in total. The van der Waals surface area contributed by atoms with E-state index in [4.69, 9.17) is 14.2 Å². The van der Waals surface area contributed by atoms with Crippen molar-refractivity contribution in [2.45, 2.75) is 39.2 Å². The number of aliphatic hydroxyl groups is 1. The van der Waals surface area contributed by atoms with Crippen LogP contribution in [-0.2, 0) is 25.5 Å². The lowest BCUT2D eigenvalue weighted by molar-refractivity contribution is -0.139. The molecular weight excluding hydrogens is 510 g/mol. The number of aliphatic hydroxyl groups excluding tert-OH is 1. The summed E-state index contributed by atoms with van der Waals surface area (Å²) in [6.07, 6.45) is 0.0733. The second-order valence-electron chi connectivity index (χ2n) is 9.93. The molecule has 4 rings (SSSR count). The van der Waals surface area contributed by atoms with Crippen LogP contribution in [0.3, 0.4) is 0 Å². The van der Waals surface area contributed by atoms with Crippen LogP contribution in [0.15, 0.2) is 66.2 Å². The highest BCUT2D eigenvalue weighted by Gasteiger charge is 2.47. The van der Waals surface area contributed by atoms with E-state index in [9.17, 15) is 19.5 Å². The number of carbonyl (C=O) groups excluding carboxylic acids is 3. The molecule has 1 unspecified atom stereocenters. The minimum Gasteiger partial charge on any atom is -0.507 e. The first-order valence-electron chi connectivity index (χ1n) is 12.9. The zero-order chi connectivity index (χ0) is 29.1. The van der Waals surface area contributed by atoms with Crippen LogP contribution in [0.5, 0.6) is 11.5 Å². The van der Waals surface area contributed by atoms with Gasteiger partial charge in [-0.3, -0.25) is 19.3 Å². The molecule has 1 amide bonds. The van der Waals surface area contributed by atoms with E-state index in [1.54, 1.807) is 55.6 Å². The molecule has 1 fully saturated rings. The van der Waals surface area contributed by atoms with Gasteiger partial charge >= 0.3 is 5.97 Å². The van der Waals surface area contributed by atoms with E-state index in [0.29, 0.717) is 39.4 Å². The average Bonchev–Trinajstić information content (AvgIpc) is 3.22. The number of carbonyl (C=O) groups is 3. The van der Waals surface area contributed by atoms with E-state index < -0.39 is 17.7 Å². The summed E-state index contributed by atoms with van der Waals surface area (Å²) in [5.41, 5.74) is 3.71. The van der Waals surface area contributed by atoms with Crippen molar-refractivity contribution in [2.75, 3.05) is 26.2 Å². The largest absolute Gasteiger partial charge is 0.507 e. The molecule has 1 aliphatic rings. The first kappa shape index (κ1) is 28.4. The number of aryl methyl sites for hydroxylation is 1. The van der Waals surface area contributed by atoms with Gasteiger partial charge in [-0.25, -0.2) is 0 Å². The molecule has 0 aromatic heterocycles. The number of nitrogens with zero attached hydrogens (tertiary/aromatic N) is 1. The second kappa shape index (κ2) is 11.7. The van der Waals surface area contributed by atoms with Crippen molar-refractivity contribution in [1.82, 2.24) is 0 Å². The van der Waals surface area contributed by atoms with E-state index in [1.165, 1.54) is 19.1 Å². The highest BCUT2D eigenvalue weighted by Crippen LogP contribution is 2.44. The molecule has 208 valence electrons. The van der Waals surface area contributed by atoms with Crippen molar-refractivity contribution in [2.24, 2.45) is 0 Å². The summed E-state index contributed by atoms with van der Waals surface area (Å²) in [5.74, 6) is -0.920. The third-order valence-electron chi connectivity index (χ3n) is 7.10. The van der Waals surface area contributed by atoms with E-state index >= 15 is 0 Å². The van der Waals surface area contributed by atoms with E-state index in [2.05, 4.69) is 0 Å². The number of rotatable bonds is 8. The van der Waals surface area contributed by atoms with Crippen LogP contribution in [0.25, 0.3) is 5.76 Å². The van der Waals surface area contributed by atoms with E-state index in [-0.39, 0.29) is 29.6 Å². The molecule has 3 aromatic carbocycles. The van der Waals surface area contributed by atoms with E-state index in [1.807, 2.05) is 32.9 Å². The van der Waals surface area contributed by atoms with Crippen molar-refractivity contribution >= 4 is 29.1 Å². The quantitative estimate of drug-likeness (QED) is 0.174. The number of amides is 1. The predicted molar refractivity (Wildman–Crippen MR) is 152 cm³/mol. The van der Waals surface area contributed by atoms with Crippen molar-refractivity contribution in [3.05, 3.63) is 94.1 Å². The Balaban J connectivity index is 1.92. The summed E-state index contributed by atoms with van der Waals surface area (Å²) < 4.78 is 15.7. The number of anilines is 1. The Kier molecular flexibility index (Phi) is 8.28. The number of ether oxygens (including phenoxy) is 3. The molecule has 40 heavy (non-hydrogen) atoms. The third kappa shape index (κ3) is 5.30. The summed E-state index contributed by atoms with van der Waals surface area (Å²) in [6, 6.07) is 16.5. The maximum absolute atomic E-state index is 13.6. The molecule has 1 heterocycles. The molecule has 1 aliphatic heterocycles. The lowest BCUT2D eigenvalue weighted by Gasteiger charge is -2.26. The molecule has 1 atom stereocenters. The number of methoxy groups -OCH3 is 3. The summed E-state index contributed by atoms with van der Waals surface area (Å²) >= 11 is 0. The molecule has 8 nitrogen and oxygen atoms in total. The Morgan fingerprint density at radius 1 is 0.975 bits per heavy atom. The van der Waals surface area contributed by atoms with Crippen molar-refractivity contribution in [1.29, 1.82) is 0 Å². The number of esters is 1. The second-order valence-corrected chi connectivity index (χ2v) is 9.93. The van der Waals surface area contributed by atoms with Crippen LogP contribution in [-0.4, -0.2) is 44.1 Å². The maximum atomic E-state index is 13.6. The van der Waals surface area contributed by atoms with Gasteiger partial charge in [0, 0.05) is 11.3 Å². The van der Waals surface area contributed by atoms with Gasteiger partial charge in [0.25, 0.3) is 11.7 Å². The molecule has 0 aliphatic carbocycles. The Morgan fingerprint density at radius 2 is 1.68 bits per heavy atom. The zero-order valence-corrected chi connectivity index (χ0v) is 23.5. The van der Waals surface area contributed by atoms with Gasteiger partial charge < -0.3 is 19.3 Å². The number of hydrogen-bond acceptors (Lipinski definition) is 7. The summed E-state index contributed by atoms with van der Waals surface area (Å²) in [7, 11) is 4.44. The van der Waals surface area contributed by atoms with Gasteiger partial charge in [-0.1, -0.05) is 38.1 Å². The van der Waals surface area contributed by atoms with Crippen LogP contribution in [0.4, 0.5) is 5.69 Å². The highest BCUT2D eigenvalue weighted by molar-refractivity contribution is 6.51. The summed E-state index contributed by atoms with van der Waals surface area (Å²) in [4.78, 5) is 40.3. The highest BCUT2D eigenvalue weighted by atomic mass is 16.5. The smallest absolute Gasteiger partial charge is 0.309 e. The summed E-state index contributed by atoms with van der Waals surface area (Å²) in [5, 5.41) is 11.7. The SMILES string of the molecule is COC(=O)Cc1ccc(N2C(=O)C(=O)/C(=C(/O)c3cc(C(C)C)c(OC)cc3C)C2c2cccc(OC)c2)cc1. The van der Waals surface area contributed by atoms with Crippen molar-refractivity contribution in [3.63, 3.8) is 0 Å². The van der Waals surface area contributed by atoms with Gasteiger partial charge in [0.15, 0.2) is 0 Å². The van der Waals surface area contributed by atoms with Gasteiger partial charge in [0.2, 0.25) is 0 Å². The first-order chi connectivity index (χ1) is 19.1. The Labute approximate surface area is 233 Å². The normalized spacial score (nSPS) is 16.4. The van der Waals surface area contributed by atoms with Crippen LogP contribution in [0.2, 0.25) is 0 Å². The molecular formula is C32H33NO7. The standard InChI is InChI=1S/C32H33NO7/c1-18(2)24-17-25(19(3)14-26(24)39-5)30(35)28-29(21-8-7-9-23(16-21)38-4)33(32(37)31(28)36)22-12-10-20(11-13-22)15-27(34)40-6/h7-14,16-18,29,35H,15H2,1-6H3/b30-28+. The van der Waals surface area contributed by atoms with Crippen molar-refractivity contribution < 1.29 is 33.7 Å². The molecule has 8 heteroatoms. The Bertz CT molecular complexity index is 1490. The minimum atomic E-state index is -0.925. The first-order valence-corrected chi connectivity index (χ1v) is 12.9. The zero-order valence-electron chi connectivity index (χ0n) is 23.5. The topological polar surface area (TPSA) is 102 Å². The molecule has 3 aromatic rings. The predicted octanol–water partition coefficient (Wildman–Crippen LogP) is 5.48. The van der Waals surface area contributed by atoms with Crippen LogP contribution in [0, 0.1) is 6.92 Å². The van der Waals surface area contributed by atoms with Crippen LogP contribution >= 0.6 is 0 Å². The number of Topliss-reactive ketones (excluding diaryl/α,β-unsaturated/α-hetero) is 1. The fraction of sp³-hybridized carbons (Fsp3) is 0.281. The molecule has 0 saturated carbocycles. The van der Waals surface area contributed by atoms with Gasteiger partial charge in [0.05, 0.1) is 39.4 Å². The fourth-order valence-corrected chi connectivity index (χ4v) is 4.97. The average molecular weight is 544 g/mol. The van der Waals surface area contributed by atoms with Gasteiger partial charge in [0.1, 0.15) is 17.3 Å². The lowest BCUT2D eigenvalue weighted by Crippen LogP contribution is -2.29. The Hall–Kier alpha value is -4.59. The van der Waals surface area contributed by atoms with Crippen molar-refractivity contribution in [3.8, 4) is 11.5 Å². The molecule has 0 spiro atoms. The van der Waals surface area contributed by atoms with Gasteiger partial charge in [-0.2, -0.15) is 0 Å². The van der Waals surface area contributed by atoms with Gasteiger partial charge in [-0.05, 0) is 71.5 Å². The minimum absolute atomic E-state index is 0.0279. The molecule has 0 radical (unpaired) electrons. The van der Waals surface area contributed by atoms with Crippen LogP contribution < -0.4 is 14.4 Å². The Morgan fingerprint density at radius 3 is 2.27 bits per heavy atom. The fourth-order valence-electron chi connectivity index (χ4n) is 4.97. The number of ketones is 1. The van der Waals surface area contributed by atoms with Gasteiger partial charge in [-0.15, -0.1) is 0 Å². The van der Waals surface area contributed by atoms with Crippen LogP contribution in [0.1, 0.15) is 53.6 Å². The number of benzene rings is 3. The molecule has 1 saturated heterocycles. The maximum Gasteiger partial charge on any atom is 0.309 e. The molecule has 0 bridgehead atoms. The monoisotopic (exact) mass is 543 g/mol. The lowest BCUT2D eigenvalue weighted by atomic mass is 9.91. The summed E-state index contributed by atoms with van der Waals surface area (Å²) in [6.45, 7) is 5.84.